The number of carbonyl (C=O) groups excluding carboxylic acids is 2. The maximum absolute atomic E-state index is 13.3. The number of benzene rings is 2. The van der Waals surface area contributed by atoms with Gasteiger partial charge in [-0.15, -0.1) is 11.3 Å². The largest absolute Gasteiger partial charge is 0.489 e. The first-order chi connectivity index (χ1) is 15.5. The van der Waals surface area contributed by atoms with E-state index in [9.17, 15) is 19.7 Å². The summed E-state index contributed by atoms with van der Waals surface area (Å²) in [6.45, 7) is 0.548. The summed E-state index contributed by atoms with van der Waals surface area (Å²) in [6.07, 6.45) is 0.413. The Balaban J connectivity index is 1.47. The highest BCUT2D eigenvalue weighted by molar-refractivity contribution is 7.12. The Morgan fingerprint density at radius 3 is 2.56 bits per heavy atom. The molecule has 3 aromatic rings. The SMILES string of the molecule is COC(=O)C1Cc2ccccc2CN1C(=O)c1cc(COc2ccc([N+](=O)[O-])cc2)cs1. The fraction of sp³-hybridized carbons (Fsp3) is 0.217. The fourth-order valence-corrected chi connectivity index (χ4v) is 4.47. The smallest absolute Gasteiger partial charge is 0.328 e. The lowest BCUT2D eigenvalue weighted by atomic mass is 9.93. The molecule has 2 aromatic carbocycles. The number of hydrogen-bond donors (Lipinski definition) is 0. The molecule has 0 saturated carbocycles. The normalized spacial score (nSPS) is 15.0. The zero-order valence-corrected chi connectivity index (χ0v) is 18.0. The van der Waals surface area contributed by atoms with Crippen LogP contribution in [0.1, 0.15) is 26.4 Å². The van der Waals surface area contributed by atoms with E-state index in [0.29, 0.717) is 23.6 Å². The molecule has 4 rings (SSSR count). The van der Waals surface area contributed by atoms with Crippen LogP contribution in [0.15, 0.2) is 60.0 Å². The lowest BCUT2D eigenvalue weighted by Crippen LogP contribution is -2.49. The van der Waals surface area contributed by atoms with E-state index in [4.69, 9.17) is 9.47 Å². The Morgan fingerprint density at radius 1 is 1.16 bits per heavy atom. The molecule has 9 heteroatoms. The zero-order valence-electron chi connectivity index (χ0n) is 17.2. The predicted molar refractivity (Wildman–Crippen MR) is 118 cm³/mol. The van der Waals surface area contributed by atoms with Gasteiger partial charge in [0.1, 0.15) is 18.4 Å². The minimum Gasteiger partial charge on any atom is -0.489 e. The first kappa shape index (κ1) is 21.5. The number of methoxy groups -OCH3 is 1. The molecule has 0 radical (unpaired) electrons. The van der Waals surface area contributed by atoms with E-state index in [0.717, 1.165) is 16.7 Å². The Hall–Kier alpha value is -3.72. The van der Waals surface area contributed by atoms with Crippen molar-refractivity contribution in [1.82, 2.24) is 4.90 Å². The molecule has 1 atom stereocenters. The summed E-state index contributed by atoms with van der Waals surface area (Å²) in [5.41, 5.74) is 2.84. The molecule has 1 amide bonds. The van der Waals surface area contributed by atoms with E-state index >= 15 is 0 Å². The average molecular weight is 452 g/mol. The Kier molecular flexibility index (Phi) is 6.18. The molecule has 1 aliphatic heterocycles. The number of non-ortho nitro benzene ring substituents is 1. The monoisotopic (exact) mass is 452 g/mol. The Labute approximate surface area is 188 Å². The summed E-state index contributed by atoms with van der Waals surface area (Å²) in [4.78, 5) is 38.0. The highest BCUT2D eigenvalue weighted by Crippen LogP contribution is 2.28. The summed E-state index contributed by atoms with van der Waals surface area (Å²) in [5.74, 6) is -0.180. The van der Waals surface area contributed by atoms with Gasteiger partial charge in [0.05, 0.1) is 16.9 Å². The van der Waals surface area contributed by atoms with Crippen LogP contribution in [0.4, 0.5) is 5.69 Å². The maximum Gasteiger partial charge on any atom is 0.328 e. The first-order valence-electron chi connectivity index (χ1n) is 9.86. The summed E-state index contributed by atoms with van der Waals surface area (Å²) >= 11 is 1.28. The van der Waals surface area contributed by atoms with E-state index < -0.39 is 16.9 Å². The first-order valence-corrected chi connectivity index (χ1v) is 10.7. The van der Waals surface area contributed by atoms with Gasteiger partial charge < -0.3 is 14.4 Å². The van der Waals surface area contributed by atoms with Gasteiger partial charge in [0, 0.05) is 30.7 Å². The number of hydrogen-bond acceptors (Lipinski definition) is 7. The molecule has 0 N–H and O–H groups in total. The van der Waals surface area contributed by atoms with Gasteiger partial charge in [-0.3, -0.25) is 14.9 Å². The summed E-state index contributed by atoms with van der Waals surface area (Å²) in [5, 5.41) is 12.6. The summed E-state index contributed by atoms with van der Waals surface area (Å²) < 4.78 is 10.6. The quantitative estimate of drug-likeness (QED) is 0.319. The minimum atomic E-state index is -0.677. The van der Waals surface area contributed by atoms with Gasteiger partial charge in [0.15, 0.2) is 0 Å². The molecular weight excluding hydrogens is 432 g/mol. The molecule has 164 valence electrons. The van der Waals surface area contributed by atoms with Crippen LogP contribution < -0.4 is 4.74 Å². The van der Waals surface area contributed by atoms with Crippen LogP contribution in [0, 0.1) is 10.1 Å². The van der Waals surface area contributed by atoms with Crippen LogP contribution in [0.3, 0.4) is 0 Å². The minimum absolute atomic E-state index is 0.0102. The molecule has 0 spiro atoms. The summed E-state index contributed by atoms with van der Waals surface area (Å²) in [6, 6.07) is 14.6. The topological polar surface area (TPSA) is 99.0 Å². The number of amides is 1. The van der Waals surface area contributed by atoms with Crippen molar-refractivity contribution in [3.63, 3.8) is 0 Å². The van der Waals surface area contributed by atoms with E-state index in [1.54, 1.807) is 11.0 Å². The lowest BCUT2D eigenvalue weighted by molar-refractivity contribution is -0.384. The number of nitro benzene ring substituents is 1. The van der Waals surface area contributed by atoms with Crippen LogP contribution in [-0.2, 0) is 29.1 Å². The van der Waals surface area contributed by atoms with Crippen LogP contribution >= 0.6 is 11.3 Å². The van der Waals surface area contributed by atoms with Crippen LogP contribution in [0.25, 0.3) is 0 Å². The summed E-state index contributed by atoms with van der Waals surface area (Å²) in [7, 11) is 1.32. The number of ether oxygens (including phenoxy) is 2. The lowest BCUT2D eigenvalue weighted by Gasteiger charge is -2.34. The van der Waals surface area contributed by atoms with Gasteiger partial charge in [0.2, 0.25) is 0 Å². The van der Waals surface area contributed by atoms with Crippen molar-refractivity contribution in [2.75, 3.05) is 7.11 Å². The fourth-order valence-electron chi connectivity index (χ4n) is 3.62. The van der Waals surface area contributed by atoms with Gasteiger partial charge in [-0.2, -0.15) is 0 Å². The maximum atomic E-state index is 13.3. The Morgan fingerprint density at radius 2 is 1.88 bits per heavy atom. The average Bonchev–Trinajstić information content (AvgIpc) is 3.30. The highest BCUT2D eigenvalue weighted by atomic mass is 32.1. The molecular formula is C23H20N2O6S. The third kappa shape index (κ3) is 4.47. The van der Waals surface area contributed by atoms with Crippen molar-refractivity contribution in [2.24, 2.45) is 0 Å². The highest BCUT2D eigenvalue weighted by Gasteiger charge is 2.36. The standard InChI is InChI=1S/C23H20N2O6S/c1-30-23(27)20-11-16-4-2-3-5-17(16)12-24(20)22(26)21-10-15(14-32-21)13-31-19-8-6-18(7-9-19)25(28)29/h2-10,14,20H,11-13H2,1H3. The van der Waals surface area contributed by atoms with E-state index in [1.165, 1.54) is 42.7 Å². The number of thiophene rings is 1. The van der Waals surface area contributed by atoms with Gasteiger partial charge in [-0.25, -0.2) is 4.79 Å². The van der Waals surface area contributed by atoms with Crippen molar-refractivity contribution in [3.05, 3.63) is 91.7 Å². The number of fused-ring (bicyclic) bond motifs is 1. The van der Waals surface area contributed by atoms with Gasteiger partial charge in [-0.05, 0) is 34.7 Å². The molecule has 32 heavy (non-hydrogen) atoms. The second-order valence-electron chi connectivity index (χ2n) is 7.30. The van der Waals surface area contributed by atoms with Crippen LogP contribution in [0.5, 0.6) is 5.75 Å². The van der Waals surface area contributed by atoms with Crippen molar-refractivity contribution < 1.29 is 24.0 Å². The molecule has 0 bridgehead atoms. The second kappa shape index (κ2) is 9.19. The third-order valence-corrected chi connectivity index (χ3v) is 6.27. The number of esters is 1. The van der Waals surface area contributed by atoms with Gasteiger partial charge >= 0.3 is 5.97 Å². The second-order valence-corrected chi connectivity index (χ2v) is 8.21. The van der Waals surface area contributed by atoms with Crippen LogP contribution in [-0.4, -0.2) is 34.9 Å². The molecule has 2 heterocycles. The van der Waals surface area contributed by atoms with Crippen molar-refractivity contribution in [3.8, 4) is 5.75 Å². The molecule has 1 unspecified atom stereocenters. The molecule has 0 saturated heterocycles. The molecule has 0 fully saturated rings. The van der Waals surface area contributed by atoms with Crippen molar-refractivity contribution in [2.45, 2.75) is 25.6 Å². The Bertz CT molecular complexity index is 1160. The molecule has 1 aromatic heterocycles. The van der Waals surface area contributed by atoms with Crippen LogP contribution in [0.2, 0.25) is 0 Å². The molecule has 8 nitrogen and oxygen atoms in total. The molecule has 1 aliphatic rings. The van der Waals surface area contributed by atoms with Gasteiger partial charge in [-0.1, -0.05) is 24.3 Å². The molecule has 0 aliphatic carbocycles. The number of nitro groups is 1. The van der Waals surface area contributed by atoms with E-state index in [1.807, 2.05) is 29.6 Å². The third-order valence-electron chi connectivity index (χ3n) is 5.30. The number of carbonyl (C=O) groups is 2. The predicted octanol–water partition coefficient (Wildman–Crippen LogP) is 3.98. The van der Waals surface area contributed by atoms with Crippen molar-refractivity contribution >= 4 is 28.9 Å². The zero-order chi connectivity index (χ0) is 22.7. The number of nitrogens with zero attached hydrogens (tertiary/aromatic N) is 2. The van der Waals surface area contributed by atoms with Gasteiger partial charge in [0.25, 0.3) is 11.6 Å². The van der Waals surface area contributed by atoms with E-state index in [2.05, 4.69) is 0 Å². The number of rotatable bonds is 6. The van der Waals surface area contributed by atoms with E-state index in [-0.39, 0.29) is 18.2 Å². The van der Waals surface area contributed by atoms with Crippen molar-refractivity contribution in [1.29, 1.82) is 0 Å².